The number of rotatable bonds is 8. The molecule has 3 aromatic rings. The van der Waals surface area contributed by atoms with Gasteiger partial charge in [-0.1, -0.05) is 44.2 Å². The summed E-state index contributed by atoms with van der Waals surface area (Å²) in [6.45, 7) is 4.96. The van der Waals surface area contributed by atoms with E-state index in [1.807, 2.05) is 56.3 Å². The van der Waals surface area contributed by atoms with Crippen molar-refractivity contribution in [3.05, 3.63) is 65.0 Å². The van der Waals surface area contributed by atoms with Gasteiger partial charge in [-0.15, -0.1) is 35.3 Å². The fraction of sp³-hybridized carbons (Fsp3) is 0.333. The van der Waals surface area contributed by atoms with E-state index in [1.54, 1.807) is 18.4 Å². The largest absolute Gasteiger partial charge is 0.386 e. The SMILES string of the molecule is CN=C(NCc1cccc(NC(=O)CC(C)C)c1)NCC(O)c1cc2ccccc2s1.I. The number of aliphatic hydroxyl groups excluding tert-OH is 1. The molecule has 0 aliphatic carbocycles. The van der Waals surface area contributed by atoms with Gasteiger partial charge in [0.05, 0.1) is 0 Å². The summed E-state index contributed by atoms with van der Waals surface area (Å²) in [6, 6.07) is 17.9. The molecule has 0 fully saturated rings. The summed E-state index contributed by atoms with van der Waals surface area (Å²) >= 11 is 1.60. The Hall–Kier alpha value is -2.17. The minimum absolute atomic E-state index is 0. The molecule has 32 heavy (non-hydrogen) atoms. The quantitative estimate of drug-likeness (QED) is 0.178. The van der Waals surface area contributed by atoms with Gasteiger partial charge in [0, 0.05) is 41.8 Å². The van der Waals surface area contributed by atoms with Crippen molar-refractivity contribution >= 4 is 63.0 Å². The molecule has 0 saturated carbocycles. The Morgan fingerprint density at radius 3 is 2.59 bits per heavy atom. The van der Waals surface area contributed by atoms with Gasteiger partial charge in [-0.05, 0) is 41.1 Å². The number of hydrogen-bond acceptors (Lipinski definition) is 4. The van der Waals surface area contributed by atoms with E-state index in [0.29, 0.717) is 31.4 Å². The predicted octanol–water partition coefficient (Wildman–Crippen LogP) is 4.90. The lowest BCUT2D eigenvalue weighted by atomic mass is 10.1. The number of aliphatic hydroxyl groups is 1. The fourth-order valence-corrected chi connectivity index (χ4v) is 4.26. The number of nitrogens with one attached hydrogen (secondary N) is 3. The number of carbonyl (C=O) groups excluding carboxylic acids is 1. The Bertz CT molecular complexity index is 1020. The molecule has 0 aliphatic rings. The van der Waals surface area contributed by atoms with Crippen LogP contribution in [0.3, 0.4) is 0 Å². The zero-order chi connectivity index (χ0) is 22.2. The number of hydrogen-bond donors (Lipinski definition) is 4. The Morgan fingerprint density at radius 1 is 1.09 bits per heavy atom. The Balaban J connectivity index is 0.00000363. The average Bonchev–Trinajstić information content (AvgIpc) is 3.18. The van der Waals surface area contributed by atoms with Gasteiger partial charge < -0.3 is 21.1 Å². The van der Waals surface area contributed by atoms with Crippen LogP contribution in [0.5, 0.6) is 0 Å². The van der Waals surface area contributed by atoms with Crippen molar-refractivity contribution in [1.29, 1.82) is 0 Å². The first-order valence-corrected chi connectivity index (χ1v) is 11.3. The first kappa shape index (κ1) is 26.1. The molecule has 0 spiro atoms. The molecule has 172 valence electrons. The van der Waals surface area contributed by atoms with Gasteiger partial charge in [0.15, 0.2) is 5.96 Å². The zero-order valence-corrected chi connectivity index (χ0v) is 21.7. The lowest BCUT2D eigenvalue weighted by Crippen LogP contribution is -2.38. The first-order valence-electron chi connectivity index (χ1n) is 10.4. The third kappa shape index (κ3) is 7.75. The van der Waals surface area contributed by atoms with Crippen LogP contribution < -0.4 is 16.0 Å². The van der Waals surface area contributed by atoms with Crippen LogP contribution >= 0.6 is 35.3 Å². The van der Waals surface area contributed by atoms with Crippen LogP contribution in [0.1, 0.15) is 36.8 Å². The van der Waals surface area contributed by atoms with Gasteiger partial charge in [-0.3, -0.25) is 9.79 Å². The molecule has 1 atom stereocenters. The average molecular weight is 567 g/mol. The zero-order valence-electron chi connectivity index (χ0n) is 18.6. The summed E-state index contributed by atoms with van der Waals surface area (Å²) in [7, 11) is 1.70. The minimum atomic E-state index is -0.615. The molecule has 1 aromatic heterocycles. The summed E-state index contributed by atoms with van der Waals surface area (Å²) < 4.78 is 1.17. The fourth-order valence-electron chi connectivity index (χ4n) is 3.21. The third-order valence-corrected chi connectivity index (χ3v) is 5.94. The normalized spacial score (nSPS) is 12.3. The van der Waals surface area contributed by atoms with E-state index in [0.717, 1.165) is 21.5 Å². The highest BCUT2D eigenvalue weighted by atomic mass is 127. The number of guanidine groups is 1. The topological polar surface area (TPSA) is 85.8 Å². The lowest BCUT2D eigenvalue weighted by molar-refractivity contribution is -0.116. The summed E-state index contributed by atoms with van der Waals surface area (Å²) in [6.07, 6.45) is -0.114. The number of nitrogens with zero attached hydrogens (tertiary/aromatic N) is 1. The van der Waals surface area contributed by atoms with Gasteiger partial charge in [-0.25, -0.2) is 0 Å². The van der Waals surface area contributed by atoms with Crippen LogP contribution in [0.4, 0.5) is 5.69 Å². The van der Waals surface area contributed by atoms with E-state index >= 15 is 0 Å². The molecular formula is C24H31IN4O2S. The first-order chi connectivity index (χ1) is 14.9. The molecule has 3 rings (SSSR count). The molecule has 0 radical (unpaired) electrons. The van der Waals surface area contributed by atoms with Crippen LogP contribution in [0.2, 0.25) is 0 Å². The van der Waals surface area contributed by atoms with Crippen molar-refractivity contribution in [2.24, 2.45) is 10.9 Å². The van der Waals surface area contributed by atoms with E-state index in [-0.39, 0.29) is 29.9 Å². The number of fused-ring (bicyclic) bond motifs is 1. The highest BCUT2D eigenvalue weighted by molar-refractivity contribution is 14.0. The summed E-state index contributed by atoms with van der Waals surface area (Å²) in [5, 5.41) is 21.1. The molecule has 6 nitrogen and oxygen atoms in total. The molecule has 1 amide bonds. The van der Waals surface area contributed by atoms with E-state index in [2.05, 4.69) is 33.1 Å². The molecule has 1 heterocycles. The van der Waals surface area contributed by atoms with E-state index < -0.39 is 6.10 Å². The summed E-state index contributed by atoms with van der Waals surface area (Å²) in [4.78, 5) is 17.1. The lowest BCUT2D eigenvalue weighted by Gasteiger charge is -2.15. The summed E-state index contributed by atoms with van der Waals surface area (Å²) in [5.41, 5.74) is 1.81. The second-order valence-corrected chi connectivity index (χ2v) is 8.97. The maximum atomic E-state index is 12.0. The van der Waals surface area contributed by atoms with Crippen LogP contribution in [0.25, 0.3) is 10.1 Å². The number of amides is 1. The molecule has 8 heteroatoms. The third-order valence-electron chi connectivity index (χ3n) is 4.72. The van der Waals surface area contributed by atoms with Crippen LogP contribution in [0.15, 0.2) is 59.6 Å². The van der Waals surface area contributed by atoms with Gasteiger partial charge in [0.1, 0.15) is 6.10 Å². The second-order valence-electron chi connectivity index (χ2n) is 7.86. The standard InChI is InChI=1S/C24H30N4O2S.HI/c1-16(2)11-23(30)28-19-9-6-7-17(12-19)14-26-24(25-3)27-15-20(29)22-13-18-8-4-5-10-21(18)31-22;/h4-10,12-13,16,20,29H,11,14-15H2,1-3H3,(H,28,30)(H2,25,26,27);1H. The number of thiophene rings is 1. The van der Waals surface area contributed by atoms with Gasteiger partial charge in [-0.2, -0.15) is 0 Å². The molecule has 0 bridgehead atoms. The minimum Gasteiger partial charge on any atom is -0.386 e. The number of aliphatic imine (C=N–C) groups is 1. The van der Waals surface area contributed by atoms with E-state index in [4.69, 9.17) is 0 Å². The number of anilines is 1. The molecule has 4 N–H and O–H groups in total. The van der Waals surface area contributed by atoms with Crippen molar-refractivity contribution in [1.82, 2.24) is 10.6 Å². The molecule has 0 saturated heterocycles. The second kappa shape index (κ2) is 12.8. The van der Waals surface area contributed by atoms with Crippen LogP contribution in [-0.2, 0) is 11.3 Å². The van der Waals surface area contributed by atoms with Gasteiger partial charge >= 0.3 is 0 Å². The maximum Gasteiger partial charge on any atom is 0.224 e. The number of halogens is 1. The molecule has 2 aromatic carbocycles. The Morgan fingerprint density at radius 2 is 1.88 bits per heavy atom. The van der Waals surface area contributed by atoms with Crippen molar-refractivity contribution in [3.8, 4) is 0 Å². The monoisotopic (exact) mass is 566 g/mol. The highest BCUT2D eigenvalue weighted by Crippen LogP contribution is 2.29. The van der Waals surface area contributed by atoms with Crippen molar-refractivity contribution in [2.45, 2.75) is 32.9 Å². The summed E-state index contributed by atoms with van der Waals surface area (Å²) in [5.74, 6) is 0.948. The van der Waals surface area contributed by atoms with Crippen molar-refractivity contribution in [2.75, 3.05) is 18.9 Å². The van der Waals surface area contributed by atoms with Gasteiger partial charge in [0.2, 0.25) is 5.91 Å². The number of carbonyl (C=O) groups is 1. The van der Waals surface area contributed by atoms with E-state index in [9.17, 15) is 9.90 Å². The van der Waals surface area contributed by atoms with Crippen LogP contribution in [0, 0.1) is 5.92 Å². The van der Waals surface area contributed by atoms with Gasteiger partial charge in [0.25, 0.3) is 0 Å². The molecular weight excluding hydrogens is 535 g/mol. The Labute approximate surface area is 210 Å². The smallest absolute Gasteiger partial charge is 0.224 e. The van der Waals surface area contributed by atoms with Crippen LogP contribution in [-0.4, -0.2) is 30.6 Å². The van der Waals surface area contributed by atoms with Crippen molar-refractivity contribution in [3.63, 3.8) is 0 Å². The molecule has 0 aliphatic heterocycles. The highest BCUT2D eigenvalue weighted by Gasteiger charge is 2.12. The van der Waals surface area contributed by atoms with E-state index in [1.165, 1.54) is 4.70 Å². The van der Waals surface area contributed by atoms with Crippen molar-refractivity contribution < 1.29 is 9.90 Å². The predicted molar refractivity (Wildman–Crippen MR) is 145 cm³/mol. The maximum absolute atomic E-state index is 12.0. The number of benzene rings is 2. The molecule has 1 unspecified atom stereocenters. The Kier molecular flexibility index (Phi) is 10.4.